The Bertz CT molecular complexity index is 1550. The number of halogens is 2. The molecule has 0 saturated carbocycles. The van der Waals surface area contributed by atoms with Gasteiger partial charge in [-0.2, -0.15) is 9.65 Å². The lowest BCUT2D eigenvalue weighted by atomic mass is 9.80. The molecule has 0 fully saturated rings. The first-order chi connectivity index (χ1) is 17.1. The molecule has 0 aliphatic heterocycles. The smallest absolute Gasteiger partial charge is 0.296 e. The van der Waals surface area contributed by atoms with Crippen molar-refractivity contribution < 1.29 is 23.2 Å². The lowest BCUT2D eigenvalue weighted by Crippen LogP contribution is -2.29. The van der Waals surface area contributed by atoms with Gasteiger partial charge >= 0.3 is 0 Å². The summed E-state index contributed by atoms with van der Waals surface area (Å²) in [5.74, 6) is -5.33. The van der Waals surface area contributed by atoms with E-state index in [1.807, 2.05) is 6.07 Å². The summed E-state index contributed by atoms with van der Waals surface area (Å²) >= 11 is 0. The summed E-state index contributed by atoms with van der Waals surface area (Å²) in [6.45, 7) is 1.57. The highest BCUT2D eigenvalue weighted by Gasteiger charge is 2.33. The maximum absolute atomic E-state index is 14.9. The molecule has 4 aromatic rings. The SMILES string of the molecule is C[C@@H](c1nc(C(=O)Nc2cnoc2)c(O)c(=O)n1C)[C@H](c1cc(F)ccc1C#N)c1cn(C)nc1F. The molecule has 0 saturated heterocycles. The number of aromatic hydroxyl groups is 1. The highest BCUT2D eigenvalue weighted by atomic mass is 19.1. The van der Waals surface area contributed by atoms with Crippen molar-refractivity contribution >= 4 is 11.6 Å². The van der Waals surface area contributed by atoms with Gasteiger partial charge in [-0.05, 0) is 23.8 Å². The number of carbonyl (C=O) groups excluding carboxylic acids is 1. The second-order valence-corrected chi connectivity index (χ2v) is 8.06. The van der Waals surface area contributed by atoms with E-state index in [4.69, 9.17) is 0 Å². The summed E-state index contributed by atoms with van der Waals surface area (Å²) in [6, 6.07) is 5.44. The van der Waals surface area contributed by atoms with Gasteiger partial charge in [0.2, 0.25) is 11.7 Å². The highest BCUT2D eigenvalue weighted by molar-refractivity contribution is 6.04. The van der Waals surface area contributed by atoms with Gasteiger partial charge in [0.15, 0.2) is 5.69 Å². The number of nitrogens with one attached hydrogen (secondary N) is 1. The van der Waals surface area contributed by atoms with Crippen LogP contribution in [-0.2, 0) is 14.1 Å². The Morgan fingerprint density at radius 1 is 1.28 bits per heavy atom. The largest absolute Gasteiger partial charge is 0.501 e. The van der Waals surface area contributed by atoms with E-state index in [1.165, 1.54) is 37.2 Å². The minimum absolute atomic E-state index is 0.0184. The fourth-order valence-corrected chi connectivity index (χ4v) is 4.07. The van der Waals surface area contributed by atoms with Crippen molar-refractivity contribution in [2.75, 3.05) is 5.32 Å². The summed E-state index contributed by atoms with van der Waals surface area (Å²) in [6.07, 6.45) is 3.71. The maximum Gasteiger partial charge on any atom is 0.296 e. The summed E-state index contributed by atoms with van der Waals surface area (Å²) in [4.78, 5) is 29.8. The van der Waals surface area contributed by atoms with Crippen LogP contribution < -0.4 is 10.9 Å². The number of hydrogen-bond donors (Lipinski definition) is 2. The Hall–Kier alpha value is -4.86. The molecule has 3 heterocycles. The summed E-state index contributed by atoms with van der Waals surface area (Å²) < 4.78 is 36.1. The van der Waals surface area contributed by atoms with Crippen molar-refractivity contribution in [2.24, 2.45) is 14.1 Å². The lowest BCUT2D eigenvalue weighted by Gasteiger charge is -2.26. The molecule has 4 rings (SSSR count). The molecule has 3 aromatic heterocycles. The van der Waals surface area contributed by atoms with Gasteiger partial charge in [-0.3, -0.25) is 18.8 Å². The van der Waals surface area contributed by atoms with E-state index in [1.54, 1.807) is 6.92 Å². The van der Waals surface area contributed by atoms with Crippen molar-refractivity contribution in [3.05, 3.63) is 87.2 Å². The van der Waals surface area contributed by atoms with Gasteiger partial charge in [-0.1, -0.05) is 12.1 Å². The van der Waals surface area contributed by atoms with Crippen molar-refractivity contribution in [1.82, 2.24) is 24.5 Å². The van der Waals surface area contributed by atoms with Crippen molar-refractivity contribution in [3.63, 3.8) is 0 Å². The quantitative estimate of drug-likeness (QED) is 0.414. The van der Waals surface area contributed by atoms with E-state index < -0.39 is 46.5 Å². The van der Waals surface area contributed by atoms with Gasteiger partial charge in [0.25, 0.3) is 11.5 Å². The fourth-order valence-electron chi connectivity index (χ4n) is 4.07. The predicted octanol–water partition coefficient (Wildman–Crippen LogP) is 2.55. The molecule has 184 valence electrons. The first-order valence-electron chi connectivity index (χ1n) is 10.5. The van der Waals surface area contributed by atoms with Crippen molar-refractivity contribution in [2.45, 2.75) is 18.8 Å². The summed E-state index contributed by atoms with van der Waals surface area (Å²) in [5.41, 5.74) is -1.14. The lowest BCUT2D eigenvalue weighted by molar-refractivity contribution is 0.101. The zero-order valence-corrected chi connectivity index (χ0v) is 19.2. The topological polar surface area (TPSA) is 152 Å². The van der Waals surface area contributed by atoms with Crippen LogP contribution in [-0.4, -0.2) is 35.5 Å². The van der Waals surface area contributed by atoms with E-state index in [0.717, 1.165) is 23.0 Å². The van der Waals surface area contributed by atoms with Gasteiger partial charge in [-0.15, -0.1) is 5.10 Å². The number of amides is 1. The molecule has 0 bridgehead atoms. The van der Waals surface area contributed by atoms with Gasteiger partial charge in [0.05, 0.1) is 17.8 Å². The maximum atomic E-state index is 14.9. The normalized spacial score (nSPS) is 12.7. The Morgan fingerprint density at radius 3 is 2.64 bits per heavy atom. The van der Waals surface area contributed by atoms with E-state index in [9.17, 15) is 28.7 Å². The van der Waals surface area contributed by atoms with Gasteiger partial charge in [-0.25, -0.2) is 9.37 Å². The first kappa shape index (κ1) is 24.3. The molecule has 2 N–H and O–H groups in total. The van der Waals surface area contributed by atoms with Crippen LogP contribution in [0.3, 0.4) is 0 Å². The number of nitrogens with zero attached hydrogens (tertiary/aromatic N) is 6. The van der Waals surface area contributed by atoms with Crippen LogP contribution in [0.2, 0.25) is 0 Å². The molecular weight excluding hydrogens is 476 g/mol. The monoisotopic (exact) mass is 495 g/mol. The second-order valence-electron chi connectivity index (χ2n) is 8.06. The Kier molecular flexibility index (Phi) is 6.35. The molecule has 0 radical (unpaired) electrons. The second kappa shape index (κ2) is 9.41. The summed E-state index contributed by atoms with van der Waals surface area (Å²) in [7, 11) is 2.81. The predicted molar refractivity (Wildman–Crippen MR) is 120 cm³/mol. The number of benzene rings is 1. The number of aromatic nitrogens is 5. The molecule has 13 heteroatoms. The zero-order chi connectivity index (χ0) is 26.1. The molecule has 11 nitrogen and oxygen atoms in total. The van der Waals surface area contributed by atoms with Gasteiger partial charge in [0.1, 0.15) is 23.6 Å². The number of rotatable bonds is 6. The molecule has 1 amide bonds. The number of carbonyl (C=O) groups is 1. The van der Waals surface area contributed by atoms with Gasteiger partial charge < -0.3 is 14.9 Å². The Morgan fingerprint density at radius 2 is 2.03 bits per heavy atom. The van der Waals surface area contributed by atoms with Crippen LogP contribution in [0.25, 0.3) is 0 Å². The average Bonchev–Trinajstić information content (AvgIpc) is 3.46. The third-order valence-electron chi connectivity index (χ3n) is 5.73. The first-order valence-corrected chi connectivity index (χ1v) is 10.5. The molecule has 0 unspecified atom stereocenters. The van der Waals surface area contributed by atoms with E-state index in [0.29, 0.717) is 0 Å². The van der Waals surface area contributed by atoms with Crippen LogP contribution in [0.15, 0.2) is 46.2 Å². The molecule has 0 spiro atoms. The number of aryl methyl sites for hydroxylation is 1. The Labute approximate surface area is 202 Å². The molecule has 1 aromatic carbocycles. The minimum Gasteiger partial charge on any atom is -0.501 e. The third-order valence-corrected chi connectivity index (χ3v) is 5.73. The number of hydrogen-bond acceptors (Lipinski definition) is 8. The zero-order valence-electron chi connectivity index (χ0n) is 19.2. The number of nitriles is 1. The van der Waals surface area contributed by atoms with Crippen molar-refractivity contribution in [1.29, 1.82) is 5.26 Å². The van der Waals surface area contributed by atoms with Gasteiger partial charge in [0, 0.05) is 37.7 Å². The summed E-state index contributed by atoms with van der Waals surface area (Å²) in [5, 5.41) is 29.6. The number of anilines is 1. The van der Waals surface area contributed by atoms with E-state index in [-0.39, 0.29) is 28.2 Å². The average molecular weight is 495 g/mol. The van der Waals surface area contributed by atoms with Crippen LogP contribution in [0.5, 0.6) is 5.75 Å². The minimum atomic E-state index is -1.04. The molecule has 36 heavy (non-hydrogen) atoms. The molecular formula is C23H19F2N7O4. The van der Waals surface area contributed by atoms with Crippen LogP contribution in [0.4, 0.5) is 14.5 Å². The van der Waals surface area contributed by atoms with Crippen LogP contribution >= 0.6 is 0 Å². The van der Waals surface area contributed by atoms with Crippen LogP contribution in [0.1, 0.15) is 51.8 Å². The Balaban J connectivity index is 1.91. The highest BCUT2D eigenvalue weighted by Crippen LogP contribution is 2.40. The standard InChI is InChI=1S/C23H19F2N7O4/c1-11(17(16-9-31(2)30-20(16)25)15-6-13(24)5-4-12(15)7-26)21-29-18(19(33)23(35)32(21)3)22(34)28-14-8-27-36-10-14/h4-6,8-11,17,33H,1-3H3,(H,28,34)/t11-,17-/m1/s1. The van der Waals surface area contributed by atoms with E-state index >= 15 is 0 Å². The molecule has 2 atom stereocenters. The third kappa shape index (κ3) is 4.31. The molecule has 0 aliphatic carbocycles. The van der Waals surface area contributed by atoms with E-state index in [2.05, 4.69) is 25.1 Å². The van der Waals surface area contributed by atoms with Crippen LogP contribution in [0, 0.1) is 23.1 Å². The fraction of sp³-hybridized carbons (Fsp3) is 0.217. The van der Waals surface area contributed by atoms with Crippen molar-refractivity contribution in [3.8, 4) is 11.8 Å². The molecule has 0 aliphatic rings.